The molecule has 0 saturated carbocycles. The summed E-state index contributed by atoms with van der Waals surface area (Å²) in [7, 11) is 0. The van der Waals surface area contributed by atoms with Crippen LogP contribution in [0.2, 0.25) is 0 Å². The Balaban J connectivity index is 1.65. The third-order valence-electron chi connectivity index (χ3n) is 5.21. The van der Waals surface area contributed by atoms with Gasteiger partial charge in [0.2, 0.25) is 11.5 Å². The summed E-state index contributed by atoms with van der Waals surface area (Å²) in [5.74, 6) is 0.658. The van der Waals surface area contributed by atoms with Gasteiger partial charge >= 0.3 is 0 Å². The first-order valence-electron chi connectivity index (χ1n) is 8.91. The van der Waals surface area contributed by atoms with Gasteiger partial charge < -0.3 is 15.2 Å². The molecule has 1 aromatic heterocycles. The fraction of sp³-hybridized carbons (Fsp3) is 0.684. The number of carbonyl (C=O) groups is 1. The van der Waals surface area contributed by atoms with Gasteiger partial charge in [0.05, 0.1) is 0 Å². The van der Waals surface area contributed by atoms with Crippen LogP contribution < -0.4 is 10.9 Å². The molecule has 5 nitrogen and oxygen atoms in total. The second-order valence-corrected chi connectivity index (χ2v) is 8.78. The third kappa shape index (κ3) is 3.89. The molecule has 0 aromatic carbocycles. The van der Waals surface area contributed by atoms with E-state index < -0.39 is 0 Å². The number of carbonyl (C=O) groups excluding carboxylic acids is 1. The Morgan fingerprint density at radius 2 is 1.88 bits per heavy atom. The van der Waals surface area contributed by atoms with Crippen LogP contribution in [0.3, 0.4) is 0 Å². The predicted molar refractivity (Wildman–Crippen MR) is 94.8 cm³/mol. The number of fused-ring (bicyclic) bond motifs is 1. The summed E-state index contributed by atoms with van der Waals surface area (Å²) >= 11 is 0. The van der Waals surface area contributed by atoms with Crippen LogP contribution in [-0.4, -0.2) is 33.4 Å². The summed E-state index contributed by atoms with van der Waals surface area (Å²) in [6, 6.07) is 1.66. The molecule has 1 amide bonds. The van der Waals surface area contributed by atoms with Crippen LogP contribution in [0.5, 0.6) is 0 Å². The Bertz CT molecular complexity index is 674. The number of nitrogens with zero attached hydrogens (tertiary/aromatic N) is 1. The highest BCUT2D eigenvalue weighted by Crippen LogP contribution is 2.35. The average molecular weight is 331 g/mol. The molecule has 0 spiro atoms. The molecule has 132 valence electrons. The SMILES string of the molecule is CC1(C)CC(CC(=O)N2CCc3cc(=O)[nH]cc3C2)CC(C)(C)N1. The maximum atomic E-state index is 12.8. The average Bonchev–Trinajstić information content (AvgIpc) is 2.43. The van der Waals surface area contributed by atoms with Gasteiger partial charge in [-0.25, -0.2) is 0 Å². The van der Waals surface area contributed by atoms with E-state index in [9.17, 15) is 9.59 Å². The number of amides is 1. The zero-order valence-electron chi connectivity index (χ0n) is 15.2. The molecular weight excluding hydrogens is 302 g/mol. The van der Waals surface area contributed by atoms with E-state index in [1.165, 1.54) is 0 Å². The van der Waals surface area contributed by atoms with Gasteiger partial charge in [-0.05, 0) is 64.0 Å². The molecule has 0 unspecified atom stereocenters. The van der Waals surface area contributed by atoms with Crippen LogP contribution in [-0.2, 0) is 17.8 Å². The quantitative estimate of drug-likeness (QED) is 0.873. The molecule has 24 heavy (non-hydrogen) atoms. The standard InChI is InChI=1S/C19H29N3O2/c1-18(2)9-13(10-19(3,4)21-18)7-17(24)22-6-5-14-8-16(23)20-11-15(14)12-22/h8,11,13,21H,5-7,9-10,12H2,1-4H3,(H,20,23). The first kappa shape index (κ1) is 17.2. The zero-order valence-corrected chi connectivity index (χ0v) is 15.2. The number of hydrogen-bond donors (Lipinski definition) is 2. The Morgan fingerprint density at radius 3 is 2.54 bits per heavy atom. The van der Waals surface area contributed by atoms with Crippen molar-refractivity contribution in [1.29, 1.82) is 0 Å². The summed E-state index contributed by atoms with van der Waals surface area (Å²) in [5, 5.41) is 3.67. The minimum atomic E-state index is -0.0623. The van der Waals surface area contributed by atoms with E-state index in [1.807, 2.05) is 4.90 Å². The summed E-state index contributed by atoms with van der Waals surface area (Å²) < 4.78 is 0. The van der Waals surface area contributed by atoms with Crippen molar-refractivity contribution in [2.24, 2.45) is 5.92 Å². The Labute approximate surface area is 143 Å². The summed E-state index contributed by atoms with van der Waals surface area (Å²) in [5.41, 5.74) is 2.22. The van der Waals surface area contributed by atoms with E-state index in [2.05, 4.69) is 38.0 Å². The van der Waals surface area contributed by atoms with Crippen LogP contribution >= 0.6 is 0 Å². The molecule has 0 atom stereocenters. The van der Waals surface area contributed by atoms with Crippen molar-refractivity contribution in [3.05, 3.63) is 33.7 Å². The van der Waals surface area contributed by atoms with Gasteiger partial charge in [0.1, 0.15) is 0 Å². The number of hydrogen-bond acceptors (Lipinski definition) is 3. The predicted octanol–water partition coefficient (Wildman–Crippen LogP) is 2.21. The van der Waals surface area contributed by atoms with E-state index in [4.69, 9.17) is 0 Å². The lowest BCUT2D eigenvalue weighted by Crippen LogP contribution is -2.58. The number of pyridine rings is 1. The number of piperidine rings is 1. The smallest absolute Gasteiger partial charge is 0.248 e. The lowest BCUT2D eigenvalue weighted by atomic mass is 9.74. The fourth-order valence-corrected chi connectivity index (χ4v) is 4.73. The maximum Gasteiger partial charge on any atom is 0.248 e. The Morgan fingerprint density at radius 1 is 1.21 bits per heavy atom. The van der Waals surface area contributed by atoms with Crippen molar-refractivity contribution in [2.75, 3.05) is 6.54 Å². The van der Waals surface area contributed by atoms with Gasteiger partial charge in [-0.15, -0.1) is 0 Å². The number of rotatable bonds is 2. The molecule has 2 N–H and O–H groups in total. The number of H-pyrrole nitrogens is 1. The van der Waals surface area contributed by atoms with Gasteiger partial charge in [0.15, 0.2) is 0 Å². The molecule has 1 saturated heterocycles. The summed E-state index contributed by atoms with van der Waals surface area (Å²) in [6.45, 7) is 10.2. The molecule has 3 rings (SSSR count). The first-order valence-corrected chi connectivity index (χ1v) is 8.91. The first-order chi connectivity index (χ1) is 11.1. The summed E-state index contributed by atoms with van der Waals surface area (Å²) in [4.78, 5) is 28.9. The topological polar surface area (TPSA) is 65.2 Å². The molecule has 0 radical (unpaired) electrons. The Kier molecular flexibility index (Phi) is 4.32. The monoisotopic (exact) mass is 331 g/mol. The minimum absolute atomic E-state index is 0.0623. The van der Waals surface area contributed by atoms with E-state index >= 15 is 0 Å². The summed E-state index contributed by atoms with van der Waals surface area (Å²) in [6.07, 6.45) is 5.20. The lowest BCUT2D eigenvalue weighted by molar-refractivity contribution is -0.133. The van der Waals surface area contributed by atoms with E-state index in [1.54, 1.807) is 12.3 Å². The van der Waals surface area contributed by atoms with Gasteiger partial charge in [0, 0.05) is 42.9 Å². The van der Waals surface area contributed by atoms with Crippen molar-refractivity contribution in [3.8, 4) is 0 Å². The second kappa shape index (κ2) is 6.03. The number of nitrogens with one attached hydrogen (secondary N) is 2. The van der Waals surface area contributed by atoms with Crippen LogP contribution in [0.1, 0.15) is 58.1 Å². The highest BCUT2D eigenvalue weighted by molar-refractivity contribution is 5.76. The molecular formula is C19H29N3O2. The third-order valence-corrected chi connectivity index (χ3v) is 5.21. The number of aromatic amines is 1. The van der Waals surface area contributed by atoms with Gasteiger partial charge in [-0.2, -0.15) is 0 Å². The number of aromatic nitrogens is 1. The minimum Gasteiger partial charge on any atom is -0.338 e. The second-order valence-electron chi connectivity index (χ2n) is 8.78. The zero-order chi connectivity index (χ0) is 17.5. The molecule has 0 bridgehead atoms. The molecule has 2 aliphatic heterocycles. The van der Waals surface area contributed by atoms with Crippen molar-refractivity contribution in [3.63, 3.8) is 0 Å². The lowest BCUT2D eigenvalue weighted by Gasteiger charge is -2.46. The van der Waals surface area contributed by atoms with Gasteiger partial charge in [-0.1, -0.05) is 0 Å². The van der Waals surface area contributed by atoms with Gasteiger partial charge in [-0.3, -0.25) is 9.59 Å². The van der Waals surface area contributed by atoms with Crippen molar-refractivity contribution in [2.45, 2.75) is 71.0 Å². The Hall–Kier alpha value is -1.62. The maximum absolute atomic E-state index is 12.8. The van der Waals surface area contributed by atoms with E-state index in [0.29, 0.717) is 25.4 Å². The van der Waals surface area contributed by atoms with Crippen LogP contribution in [0, 0.1) is 5.92 Å². The molecule has 3 heterocycles. The fourth-order valence-electron chi connectivity index (χ4n) is 4.73. The van der Waals surface area contributed by atoms with Crippen molar-refractivity contribution in [1.82, 2.24) is 15.2 Å². The van der Waals surface area contributed by atoms with Gasteiger partial charge in [0.25, 0.3) is 0 Å². The van der Waals surface area contributed by atoms with Crippen molar-refractivity contribution >= 4 is 5.91 Å². The molecule has 5 heteroatoms. The van der Waals surface area contributed by atoms with Crippen LogP contribution in [0.25, 0.3) is 0 Å². The van der Waals surface area contributed by atoms with E-state index in [-0.39, 0.29) is 22.5 Å². The normalized spacial score (nSPS) is 22.9. The molecule has 2 aliphatic rings. The van der Waals surface area contributed by atoms with Crippen LogP contribution in [0.4, 0.5) is 0 Å². The highest BCUT2D eigenvalue weighted by atomic mass is 16.2. The van der Waals surface area contributed by atoms with E-state index in [0.717, 1.165) is 30.4 Å². The molecule has 1 aromatic rings. The largest absolute Gasteiger partial charge is 0.338 e. The van der Waals surface area contributed by atoms with Crippen LogP contribution in [0.15, 0.2) is 17.1 Å². The molecule has 0 aliphatic carbocycles. The highest BCUT2D eigenvalue weighted by Gasteiger charge is 2.38. The van der Waals surface area contributed by atoms with Crippen molar-refractivity contribution < 1.29 is 4.79 Å². The molecule has 1 fully saturated rings.